The van der Waals surface area contributed by atoms with E-state index in [1.54, 1.807) is 6.92 Å². The first kappa shape index (κ1) is 15.5. The first-order valence-electron chi connectivity index (χ1n) is 7.06. The number of likely N-dealkylation sites (tertiary alicyclic amines) is 1. The molecule has 1 amide bonds. The zero-order valence-electron chi connectivity index (χ0n) is 11.9. The molecule has 1 saturated heterocycles. The van der Waals surface area contributed by atoms with Crippen LogP contribution in [0.4, 0.5) is 0 Å². The molecule has 5 heteroatoms. The van der Waals surface area contributed by atoms with Crippen LogP contribution in [0.25, 0.3) is 0 Å². The first-order chi connectivity index (χ1) is 9.50. The van der Waals surface area contributed by atoms with Crippen LogP contribution in [0.3, 0.4) is 0 Å². The molecular weight excluding hydrogens is 318 g/mol. The van der Waals surface area contributed by atoms with Gasteiger partial charge in [-0.3, -0.25) is 4.79 Å². The number of amides is 1. The minimum atomic E-state index is -0.994. The van der Waals surface area contributed by atoms with E-state index in [1.165, 1.54) is 12.8 Å². The van der Waals surface area contributed by atoms with Crippen LogP contribution in [0.1, 0.15) is 25.3 Å². The number of hydrogen-bond acceptors (Lipinski definition) is 3. The van der Waals surface area contributed by atoms with Crippen LogP contribution in [-0.2, 0) is 10.3 Å². The average Bonchev–Trinajstić information content (AvgIpc) is 2.92. The summed E-state index contributed by atoms with van der Waals surface area (Å²) in [5.41, 5.74) is 6.01. The molecule has 4 nitrogen and oxygen atoms in total. The molecule has 0 bridgehead atoms. The Bertz CT molecular complexity index is 453. The minimum Gasteiger partial charge on any atom is -0.353 e. The van der Waals surface area contributed by atoms with Crippen LogP contribution >= 0.6 is 15.9 Å². The molecule has 1 aliphatic heterocycles. The van der Waals surface area contributed by atoms with E-state index in [-0.39, 0.29) is 5.91 Å². The van der Waals surface area contributed by atoms with Crippen molar-refractivity contribution in [3.63, 3.8) is 0 Å². The van der Waals surface area contributed by atoms with Crippen molar-refractivity contribution in [2.45, 2.75) is 25.3 Å². The van der Waals surface area contributed by atoms with E-state index in [0.29, 0.717) is 6.54 Å². The SMILES string of the molecule is CC(N)(C(=O)NCCN1CCCC1)c1ccc(Br)cc1. The maximum absolute atomic E-state index is 12.3. The van der Waals surface area contributed by atoms with Crippen molar-refractivity contribution >= 4 is 21.8 Å². The summed E-state index contributed by atoms with van der Waals surface area (Å²) in [6, 6.07) is 7.56. The number of carbonyl (C=O) groups excluding carboxylic acids is 1. The van der Waals surface area contributed by atoms with Crippen LogP contribution in [0.5, 0.6) is 0 Å². The second-order valence-corrected chi connectivity index (χ2v) is 6.43. The highest BCUT2D eigenvalue weighted by atomic mass is 79.9. The van der Waals surface area contributed by atoms with Gasteiger partial charge in [0.2, 0.25) is 5.91 Å². The standard InChI is InChI=1S/C15H22BrN3O/c1-15(17,12-4-6-13(16)7-5-12)14(20)18-8-11-19-9-2-3-10-19/h4-7H,2-3,8-11,17H2,1H3,(H,18,20). The summed E-state index contributed by atoms with van der Waals surface area (Å²) >= 11 is 3.38. The highest BCUT2D eigenvalue weighted by molar-refractivity contribution is 9.10. The van der Waals surface area contributed by atoms with Crippen molar-refractivity contribution in [1.82, 2.24) is 10.2 Å². The molecule has 0 aliphatic carbocycles. The van der Waals surface area contributed by atoms with Gasteiger partial charge in [0.05, 0.1) is 0 Å². The summed E-state index contributed by atoms with van der Waals surface area (Å²) in [5.74, 6) is -0.126. The lowest BCUT2D eigenvalue weighted by Crippen LogP contribution is -2.50. The van der Waals surface area contributed by atoms with Gasteiger partial charge < -0.3 is 16.0 Å². The van der Waals surface area contributed by atoms with Crippen molar-refractivity contribution < 1.29 is 4.79 Å². The van der Waals surface area contributed by atoms with Gasteiger partial charge in [-0.1, -0.05) is 28.1 Å². The third kappa shape index (κ3) is 3.81. The van der Waals surface area contributed by atoms with Crippen molar-refractivity contribution in [1.29, 1.82) is 0 Å². The Morgan fingerprint density at radius 1 is 1.35 bits per heavy atom. The van der Waals surface area contributed by atoms with E-state index in [2.05, 4.69) is 26.1 Å². The van der Waals surface area contributed by atoms with E-state index < -0.39 is 5.54 Å². The van der Waals surface area contributed by atoms with Gasteiger partial charge >= 0.3 is 0 Å². The zero-order valence-corrected chi connectivity index (χ0v) is 13.4. The predicted octanol–water partition coefficient (Wildman–Crippen LogP) is 1.84. The first-order valence-corrected chi connectivity index (χ1v) is 7.85. The average molecular weight is 340 g/mol. The van der Waals surface area contributed by atoms with Crippen LogP contribution in [0, 0.1) is 0 Å². The molecule has 0 aromatic heterocycles. The molecule has 0 spiro atoms. The summed E-state index contributed by atoms with van der Waals surface area (Å²) in [6.07, 6.45) is 2.53. The van der Waals surface area contributed by atoms with E-state index >= 15 is 0 Å². The van der Waals surface area contributed by atoms with E-state index in [1.807, 2.05) is 24.3 Å². The Labute approximate surface area is 128 Å². The van der Waals surface area contributed by atoms with Crippen LogP contribution in [-0.4, -0.2) is 37.0 Å². The largest absolute Gasteiger partial charge is 0.353 e. The molecule has 3 N–H and O–H groups in total. The number of halogens is 1. The molecule has 1 atom stereocenters. The Balaban J connectivity index is 1.87. The van der Waals surface area contributed by atoms with Gasteiger partial charge in [0, 0.05) is 17.6 Å². The summed E-state index contributed by atoms with van der Waals surface area (Å²) in [5, 5.41) is 2.95. The maximum Gasteiger partial charge on any atom is 0.244 e. The topological polar surface area (TPSA) is 58.4 Å². The number of nitrogens with one attached hydrogen (secondary N) is 1. The van der Waals surface area contributed by atoms with Crippen molar-refractivity contribution in [3.05, 3.63) is 34.3 Å². The molecule has 110 valence electrons. The van der Waals surface area contributed by atoms with Crippen LogP contribution < -0.4 is 11.1 Å². The third-order valence-electron chi connectivity index (χ3n) is 3.83. The van der Waals surface area contributed by atoms with E-state index in [0.717, 1.165) is 29.7 Å². The summed E-state index contributed by atoms with van der Waals surface area (Å²) in [4.78, 5) is 14.6. The lowest BCUT2D eigenvalue weighted by molar-refractivity contribution is -0.126. The van der Waals surface area contributed by atoms with Gasteiger partial charge in [-0.25, -0.2) is 0 Å². The number of benzene rings is 1. The Hall–Kier alpha value is -0.910. The lowest BCUT2D eigenvalue weighted by Gasteiger charge is -2.25. The fourth-order valence-electron chi connectivity index (χ4n) is 2.44. The number of carbonyl (C=O) groups is 1. The number of nitrogens with two attached hydrogens (primary N) is 1. The third-order valence-corrected chi connectivity index (χ3v) is 4.36. The van der Waals surface area contributed by atoms with Gasteiger partial charge in [0.25, 0.3) is 0 Å². The van der Waals surface area contributed by atoms with Crippen molar-refractivity contribution in [3.8, 4) is 0 Å². The highest BCUT2D eigenvalue weighted by Gasteiger charge is 2.30. The maximum atomic E-state index is 12.3. The fraction of sp³-hybridized carbons (Fsp3) is 0.533. The van der Waals surface area contributed by atoms with E-state index in [9.17, 15) is 4.79 Å². The Morgan fingerprint density at radius 3 is 2.55 bits per heavy atom. The summed E-state index contributed by atoms with van der Waals surface area (Å²) in [6.45, 7) is 5.59. The summed E-state index contributed by atoms with van der Waals surface area (Å²) < 4.78 is 0.978. The smallest absolute Gasteiger partial charge is 0.244 e. The van der Waals surface area contributed by atoms with Gasteiger partial charge in [-0.2, -0.15) is 0 Å². The molecule has 1 fully saturated rings. The van der Waals surface area contributed by atoms with E-state index in [4.69, 9.17) is 5.73 Å². The van der Waals surface area contributed by atoms with Crippen LogP contribution in [0.2, 0.25) is 0 Å². The molecule has 20 heavy (non-hydrogen) atoms. The number of hydrogen-bond donors (Lipinski definition) is 2. The Kier molecular flexibility index (Phi) is 5.18. The molecule has 1 aromatic rings. The lowest BCUT2D eigenvalue weighted by atomic mass is 9.92. The number of rotatable bonds is 5. The molecule has 1 aromatic carbocycles. The van der Waals surface area contributed by atoms with Gasteiger partial charge in [0.1, 0.15) is 5.54 Å². The molecule has 0 radical (unpaired) electrons. The molecule has 1 aliphatic rings. The summed E-state index contributed by atoms with van der Waals surface area (Å²) in [7, 11) is 0. The second-order valence-electron chi connectivity index (χ2n) is 5.51. The Morgan fingerprint density at radius 2 is 1.95 bits per heavy atom. The molecule has 1 unspecified atom stereocenters. The molecule has 0 saturated carbocycles. The highest BCUT2D eigenvalue weighted by Crippen LogP contribution is 2.20. The second kappa shape index (κ2) is 6.70. The zero-order chi connectivity index (χ0) is 14.6. The minimum absolute atomic E-state index is 0.126. The van der Waals surface area contributed by atoms with Gasteiger partial charge in [-0.05, 0) is 50.6 Å². The monoisotopic (exact) mass is 339 g/mol. The fourth-order valence-corrected chi connectivity index (χ4v) is 2.71. The molecule has 1 heterocycles. The van der Waals surface area contributed by atoms with Crippen molar-refractivity contribution in [2.24, 2.45) is 5.73 Å². The predicted molar refractivity (Wildman–Crippen MR) is 84.4 cm³/mol. The molecule has 2 rings (SSSR count). The normalized spacial score (nSPS) is 18.8. The number of nitrogens with zero attached hydrogens (tertiary/aromatic N) is 1. The quantitative estimate of drug-likeness (QED) is 0.860. The van der Waals surface area contributed by atoms with Crippen LogP contribution in [0.15, 0.2) is 28.7 Å². The molecular formula is C15H22BrN3O. The van der Waals surface area contributed by atoms with Gasteiger partial charge in [-0.15, -0.1) is 0 Å². The van der Waals surface area contributed by atoms with Crippen molar-refractivity contribution in [2.75, 3.05) is 26.2 Å². The van der Waals surface area contributed by atoms with Gasteiger partial charge in [0.15, 0.2) is 0 Å².